The molecule has 1 amide bonds. The van der Waals surface area contributed by atoms with Crippen LogP contribution in [0.3, 0.4) is 0 Å². The highest BCUT2D eigenvalue weighted by Crippen LogP contribution is 2.36. The molecular formula is C19H31N4O2+. The Morgan fingerprint density at radius 3 is 2.76 bits per heavy atom. The molecule has 0 bridgehead atoms. The van der Waals surface area contributed by atoms with Crippen LogP contribution in [0.2, 0.25) is 0 Å². The van der Waals surface area contributed by atoms with E-state index in [1.165, 1.54) is 24.2 Å². The first-order chi connectivity index (χ1) is 12.0. The van der Waals surface area contributed by atoms with Crippen molar-refractivity contribution < 1.29 is 14.8 Å². The van der Waals surface area contributed by atoms with Crippen LogP contribution in [-0.4, -0.2) is 43.0 Å². The highest BCUT2D eigenvalue weighted by atomic mass is 16.5. The standard InChI is InChI=1S/C19H30N4O2/c1-4-8-16(11-12-21-2)25-14-19(13-15-9-6-5-7-10-15)17(24)23(3)18(20)22-19/h4,8,11-12,15,21H,1,5-7,9-10,13-14H2,2-3H3,(H2,20,22)/p+1/b12-11+,16-8+. The molecular weight excluding hydrogens is 316 g/mol. The molecule has 1 unspecified atom stereocenters. The number of aliphatic imine (C=N–C) groups is 1. The smallest absolute Gasteiger partial charge is 0.260 e. The van der Waals surface area contributed by atoms with Gasteiger partial charge in [-0.2, -0.15) is 0 Å². The molecule has 6 heteroatoms. The Hall–Kier alpha value is -2.08. The fourth-order valence-electron chi connectivity index (χ4n) is 3.57. The summed E-state index contributed by atoms with van der Waals surface area (Å²) >= 11 is 0. The van der Waals surface area contributed by atoms with Gasteiger partial charge in [0, 0.05) is 13.1 Å². The highest BCUT2D eigenvalue weighted by Gasteiger charge is 2.48. The number of nitrogens with zero attached hydrogens (tertiary/aromatic N) is 2. The Morgan fingerprint density at radius 1 is 1.48 bits per heavy atom. The van der Waals surface area contributed by atoms with Gasteiger partial charge in [-0.25, -0.2) is 4.99 Å². The number of nitrogens with two attached hydrogens (primary N) is 2. The van der Waals surface area contributed by atoms with Crippen LogP contribution in [0.4, 0.5) is 0 Å². The quantitative estimate of drug-likeness (QED) is 0.512. The average molecular weight is 347 g/mol. The van der Waals surface area contributed by atoms with Crippen molar-refractivity contribution in [1.82, 2.24) is 4.90 Å². The Kier molecular flexibility index (Phi) is 6.82. The Bertz CT molecular complexity index is 576. The lowest BCUT2D eigenvalue weighted by Crippen LogP contribution is -2.72. The van der Waals surface area contributed by atoms with Gasteiger partial charge in [-0.15, -0.1) is 0 Å². The van der Waals surface area contributed by atoms with Gasteiger partial charge in [-0.3, -0.25) is 9.69 Å². The molecule has 6 nitrogen and oxygen atoms in total. The van der Waals surface area contributed by atoms with Crippen molar-refractivity contribution in [3.63, 3.8) is 0 Å². The fourth-order valence-corrected chi connectivity index (χ4v) is 3.57. The van der Waals surface area contributed by atoms with E-state index in [1.807, 2.05) is 24.6 Å². The number of amides is 1. The summed E-state index contributed by atoms with van der Waals surface area (Å²) in [5.41, 5.74) is 5.03. The normalized spacial score (nSPS) is 25.5. The molecule has 0 aromatic heterocycles. The summed E-state index contributed by atoms with van der Waals surface area (Å²) in [5, 5.41) is 1.92. The maximum absolute atomic E-state index is 12.9. The average Bonchev–Trinajstić information content (AvgIpc) is 2.82. The third-order valence-electron chi connectivity index (χ3n) is 4.94. The van der Waals surface area contributed by atoms with Gasteiger partial charge in [-0.1, -0.05) is 44.8 Å². The molecule has 138 valence electrons. The van der Waals surface area contributed by atoms with Crippen LogP contribution < -0.4 is 11.1 Å². The summed E-state index contributed by atoms with van der Waals surface area (Å²) in [6.07, 6.45) is 13.9. The minimum Gasteiger partial charge on any atom is -0.490 e. The van der Waals surface area contributed by atoms with E-state index >= 15 is 0 Å². The highest BCUT2D eigenvalue weighted by molar-refractivity contribution is 6.06. The molecule has 1 heterocycles. The summed E-state index contributed by atoms with van der Waals surface area (Å²) in [6.45, 7) is 3.91. The lowest BCUT2D eigenvalue weighted by Gasteiger charge is -2.31. The molecule has 0 radical (unpaired) electrons. The summed E-state index contributed by atoms with van der Waals surface area (Å²) in [4.78, 5) is 18.9. The maximum atomic E-state index is 12.9. The third-order valence-corrected chi connectivity index (χ3v) is 4.94. The molecule has 1 aliphatic heterocycles. The van der Waals surface area contributed by atoms with Crippen LogP contribution in [0.15, 0.2) is 41.8 Å². The number of rotatable bonds is 8. The Labute approximate surface area is 150 Å². The van der Waals surface area contributed by atoms with Crippen LogP contribution in [0, 0.1) is 5.92 Å². The third kappa shape index (κ3) is 4.72. The molecule has 0 aromatic carbocycles. The first-order valence-corrected chi connectivity index (χ1v) is 9.07. The van der Waals surface area contributed by atoms with E-state index < -0.39 is 5.54 Å². The lowest BCUT2D eigenvalue weighted by atomic mass is 9.79. The molecule has 1 saturated carbocycles. The maximum Gasteiger partial charge on any atom is 0.260 e. The van der Waals surface area contributed by atoms with E-state index in [4.69, 9.17) is 10.5 Å². The number of allylic oxidation sites excluding steroid dienone is 3. The van der Waals surface area contributed by atoms with Gasteiger partial charge < -0.3 is 15.8 Å². The molecule has 2 aliphatic rings. The Morgan fingerprint density at radius 2 is 2.20 bits per heavy atom. The van der Waals surface area contributed by atoms with Crippen molar-refractivity contribution in [2.45, 2.75) is 44.1 Å². The number of likely N-dealkylation sites (N-methyl/N-ethyl adjacent to an activating group) is 1. The van der Waals surface area contributed by atoms with E-state index in [1.54, 1.807) is 19.2 Å². The summed E-state index contributed by atoms with van der Waals surface area (Å²) < 4.78 is 5.95. The van der Waals surface area contributed by atoms with Crippen molar-refractivity contribution >= 4 is 11.9 Å². The number of ether oxygens (including phenoxy) is 1. The van der Waals surface area contributed by atoms with Gasteiger partial charge in [0.05, 0.1) is 13.2 Å². The van der Waals surface area contributed by atoms with Gasteiger partial charge in [0.1, 0.15) is 12.4 Å². The van der Waals surface area contributed by atoms with E-state index in [0.29, 0.717) is 18.1 Å². The number of hydrogen-bond acceptors (Lipinski definition) is 4. The molecule has 0 saturated heterocycles. The van der Waals surface area contributed by atoms with E-state index in [2.05, 4.69) is 11.6 Å². The van der Waals surface area contributed by atoms with E-state index in [0.717, 1.165) is 12.8 Å². The summed E-state index contributed by atoms with van der Waals surface area (Å²) in [5.74, 6) is 1.36. The summed E-state index contributed by atoms with van der Waals surface area (Å²) in [7, 11) is 3.61. The topological polar surface area (TPSA) is 84.5 Å². The lowest BCUT2D eigenvalue weighted by molar-refractivity contribution is -0.556. The zero-order chi connectivity index (χ0) is 18.3. The van der Waals surface area contributed by atoms with E-state index in [-0.39, 0.29) is 18.5 Å². The minimum atomic E-state index is -0.912. The summed E-state index contributed by atoms with van der Waals surface area (Å²) in [6, 6.07) is 0. The molecule has 25 heavy (non-hydrogen) atoms. The number of quaternary nitrogens is 1. The SMILES string of the molecule is C=C/C=C(\C=C\[NH2+]C)OCC1(CC2CCCCC2)N=C(N)N(C)C1=O. The monoisotopic (exact) mass is 347 g/mol. The van der Waals surface area contributed by atoms with Crippen LogP contribution in [0.5, 0.6) is 0 Å². The number of guanidine groups is 1. The number of carbonyl (C=O) groups is 1. The van der Waals surface area contributed by atoms with Crippen LogP contribution in [-0.2, 0) is 9.53 Å². The van der Waals surface area contributed by atoms with Crippen molar-refractivity contribution in [3.8, 4) is 0 Å². The molecule has 4 N–H and O–H groups in total. The molecule has 1 fully saturated rings. The Balaban J connectivity index is 2.17. The minimum absolute atomic E-state index is 0.0699. The van der Waals surface area contributed by atoms with Crippen LogP contribution >= 0.6 is 0 Å². The van der Waals surface area contributed by atoms with E-state index in [9.17, 15) is 4.79 Å². The van der Waals surface area contributed by atoms with Crippen molar-refractivity contribution in [2.24, 2.45) is 16.6 Å². The van der Waals surface area contributed by atoms with Crippen LogP contribution in [0.25, 0.3) is 0 Å². The molecule has 0 spiro atoms. The molecule has 1 aliphatic carbocycles. The fraction of sp³-hybridized carbons (Fsp3) is 0.579. The van der Waals surface area contributed by atoms with Crippen molar-refractivity contribution in [1.29, 1.82) is 0 Å². The predicted octanol–water partition coefficient (Wildman–Crippen LogP) is 1.28. The van der Waals surface area contributed by atoms with Crippen molar-refractivity contribution in [3.05, 3.63) is 36.8 Å². The predicted molar refractivity (Wildman–Crippen MR) is 99.5 cm³/mol. The first-order valence-electron chi connectivity index (χ1n) is 9.07. The zero-order valence-corrected chi connectivity index (χ0v) is 15.4. The van der Waals surface area contributed by atoms with Gasteiger partial charge in [0.25, 0.3) is 5.91 Å². The van der Waals surface area contributed by atoms with Gasteiger partial charge in [-0.05, 0) is 18.4 Å². The zero-order valence-electron chi connectivity index (χ0n) is 15.4. The largest absolute Gasteiger partial charge is 0.490 e. The first kappa shape index (κ1) is 19.2. The second-order valence-corrected chi connectivity index (χ2v) is 6.86. The number of hydrogen-bond donors (Lipinski definition) is 2. The number of carbonyl (C=O) groups excluding carboxylic acids is 1. The second kappa shape index (κ2) is 8.85. The molecule has 1 atom stereocenters. The van der Waals surface area contributed by atoms with Crippen molar-refractivity contribution in [2.75, 3.05) is 20.7 Å². The second-order valence-electron chi connectivity index (χ2n) is 6.86. The van der Waals surface area contributed by atoms with Gasteiger partial charge in [0.2, 0.25) is 0 Å². The van der Waals surface area contributed by atoms with Gasteiger partial charge in [0.15, 0.2) is 11.5 Å². The molecule has 0 aromatic rings. The molecule has 2 rings (SSSR count). The van der Waals surface area contributed by atoms with Gasteiger partial charge >= 0.3 is 0 Å². The van der Waals surface area contributed by atoms with Crippen LogP contribution in [0.1, 0.15) is 38.5 Å².